The van der Waals surface area contributed by atoms with Crippen LogP contribution in [0.15, 0.2) is 41.5 Å². The quantitative estimate of drug-likeness (QED) is 0.369. The fraction of sp³-hybridized carbons (Fsp3) is 0.444. The molecule has 2 rings (SSSR count). The third-order valence-corrected chi connectivity index (χ3v) is 4.52. The minimum atomic E-state index is 0. The van der Waals surface area contributed by atoms with Crippen molar-refractivity contribution < 1.29 is 0 Å². The molecule has 132 valence electrons. The number of rotatable bonds is 7. The number of guanidine groups is 1. The summed E-state index contributed by atoms with van der Waals surface area (Å²) in [6.45, 7) is 8.80. The van der Waals surface area contributed by atoms with E-state index >= 15 is 0 Å². The smallest absolute Gasteiger partial charge is 0.191 e. The van der Waals surface area contributed by atoms with Gasteiger partial charge in [-0.2, -0.15) is 0 Å². The molecule has 1 atom stereocenters. The summed E-state index contributed by atoms with van der Waals surface area (Å²) in [7, 11) is 0. The van der Waals surface area contributed by atoms with Crippen molar-refractivity contribution in [2.75, 3.05) is 13.1 Å². The Bertz CT molecular complexity index is 612. The highest BCUT2D eigenvalue weighted by Crippen LogP contribution is 2.17. The lowest BCUT2D eigenvalue weighted by atomic mass is 9.98. The first-order chi connectivity index (χ1) is 11.2. The topological polar surface area (TPSA) is 49.3 Å². The summed E-state index contributed by atoms with van der Waals surface area (Å²) in [5, 5.41) is 7.76. The molecule has 6 heteroatoms. The maximum absolute atomic E-state index is 4.61. The van der Waals surface area contributed by atoms with Gasteiger partial charge in [-0.25, -0.2) is 9.98 Å². The zero-order valence-electron chi connectivity index (χ0n) is 14.6. The van der Waals surface area contributed by atoms with Crippen LogP contribution in [0.3, 0.4) is 0 Å². The summed E-state index contributed by atoms with van der Waals surface area (Å²) < 4.78 is 0. The summed E-state index contributed by atoms with van der Waals surface area (Å²) in [5.41, 5.74) is 1.38. The molecule has 24 heavy (non-hydrogen) atoms. The van der Waals surface area contributed by atoms with Gasteiger partial charge in [0, 0.05) is 24.2 Å². The van der Waals surface area contributed by atoms with Crippen LogP contribution in [0.25, 0.3) is 0 Å². The minimum absolute atomic E-state index is 0. The van der Waals surface area contributed by atoms with Crippen LogP contribution in [-0.4, -0.2) is 24.0 Å². The highest BCUT2D eigenvalue weighted by Gasteiger charge is 2.05. The first kappa shape index (κ1) is 20.9. The van der Waals surface area contributed by atoms with Gasteiger partial charge in [0.05, 0.1) is 6.54 Å². The standard InChI is InChI=1S/C18H26N4S.HI/c1-4-19-18(22-13-17-21-12-15(3)23-17)20-11-10-14(2)16-8-6-5-7-9-16;/h5-9,12,14H,4,10-11,13H2,1-3H3,(H2,19,20,22);1H. The van der Waals surface area contributed by atoms with Crippen LogP contribution in [0.1, 0.15) is 41.6 Å². The van der Waals surface area contributed by atoms with E-state index < -0.39 is 0 Å². The van der Waals surface area contributed by atoms with E-state index in [0.29, 0.717) is 12.5 Å². The predicted molar refractivity (Wildman–Crippen MR) is 115 cm³/mol. The van der Waals surface area contributed by atoms with E-state index in [1.165, 1.54) is 10.4 Å². The van der Waals surface area contributed by atoms with E-state index in [-0.39, 0.29) is 24.0 Å². The first-order valence-corrected chi connectivity index (χ1v) is 8.99. The molecule has 0 bridgehead atoms. The van der Waals surface area contributed by atoms with Gasteiger partial charge in [0.1, 0.15) is 5.01 Å². The number of halogens is 1. The molecule has 0 aliphatic carbocycles. The Morgan fingerprint density at radius 3 is 2.62 bits per heavy atom. The van der Waals surface area contributed by atoms with Gasteiger partial charge in [-0.15, -0.1) is 35.3 Å². The second-order valence-electron chi connectivity index (χ2n) is 5.59. The number of aliphatic imine (C=N–C) groups is 1. The van der Waals surface area contributed by atoms with E-state index in [1.54, 1.807) is 11.3 Å². The van der Waals surface area contributed by atoms with Gasteiger partial charge >= 0.3 is 0 Å². The fourth-order valence-electron chi connectivity index (χ4n) is 2.32. The molecule has 1 aromatic carbocycles. The Hall–Kier alpha value is -1.15. The van der Waals surface area contributed by atoms with Gasteiger partial charge in [0.15, 0.2) is 5.96 Å². The Labute approximate surface area is 166 Å². The number of aromatic nitrogens is 1. The normalized spacial score (nSPS) is 12.4. The minimum Gasteiger partial charge on any atom is -0.357 e. The molecule has 0 fully saturated rings. The van der Waals surface area contributed by atoms with E-state index in [4.69, 9.17) is 0 Å². The summed E-state index contributed by atoms with van der Waals surface area (Å²) in [5.74, 6) is 1.40. The molecule has 1 heterocycles. The fourth-order valence-corrected chi connectivity index (χ4v) is 3.03. The SMILES string of the molecule is CCNC(=NCc1ncc(C)s1)NCCC(C)c1ccccc1.I. The number of nitrogens with one attached hydrogen (secondary N) is 2. The number of nitrogens with zero attached hydrogens (tertiary/aromatic N) is 2. The molecule has 2 N–H and O–H groups in total. The van der Waals surface area contributed by atoms with Crippen molar-refractivity contribution >= 4 is 41.3 Å². The monoisotopic (exact) mass is 458 g/mol. The predicted octanol–water partition coefficient (Wildman–Crippen LogP) is 4.32. The molecule has 0 saturated carbocycles. The van der Waals surface area contributed by atoms with Crippen LogP contribution >= 0.6 is 35.3 Å². The van der Waals surface area contributed by atoms with Crippen LogP contribution < -0.4 is 10.6 Å². The molecular weight excluding hydrogens is 431 g/mol. The van der Waals surface area contributed by atoms with Crippen molar-refractivity contribution in [3.63, 3.8) is 0 Å². The van der Waals surface area contributed by atoms with Gasteiger partial charge < -0.3 is 10.6 Å². The highest BCUT2D eigenvalue weighted by atomic mass is 127. The Morgan fingerprint density at radius 2 is 2.00 bits per heavy atom. The molecule has 0 saturated heterocycles. The lowest BCUT2D eigenvalue weighted by Gasteiger charge is -2.15. The Balaban J connectivity index is 0.00000288. The van der Waals surface area contributed by atoms with Crippen molar-refractivity contribution in [1.29, 1.82) is 0 Å². The highest BCUT2D eigenvalue weighted by molar-refractivity contribution is 14.0. The molecule has 0 aliphatic rings. The van der Waals surface area contributed by atoms with Crippen molar-refractivity contribution in [1.82, 2.24) is 15.6 Å². The molecule has 1 unspecified atom stereocenters. The van der Waals surface area contributed by atoms with Crippen molar-refractivity contribution in [2.24, 2.45) is 4.99 Å². The summed E-state index contributed by atoms with van der Waals surface area (Å²) >= 11 is 1.70. The van der Waals surface area contributed by atoms with E-state index in [2.05, 4.69) is 71.7 Å². The lowest BCUT2D eigenvalue weighted by molar-refractivity contribution is 0.652. The zero-order chi connectivity index (χ0) is 16.5. The summed E-state index contributed by atoms with van der Waals surface area (Å²) in [4.78, 5) is 10.2. The second-order valence-corrected chi connectivity index (χ2v) is 6.91. The third-order valence-electron chi connectivity index (χ3n) is 3.62. The molecule has 0 radical (unpaired) electrons. The molecule has 2 aromatic rings. The average Bonchev–Trinajstić information content (AvgIpc) is 2.99. The summed E-state index contributed by atoms with van der Waals surface area (Å²) in [6, 6.07) is 10.6. The van der Waals surface area contributed by atoms with Gasteiger partial charge in [-0.1, -0.05) is 37.3 Å². The number of benzene rings is 1. The largest absolute Gasteiger partial charge is 0.357 e. The van der Waals surface area contributed by atoms with Crippen LogP contribution in [-0.2, 0) is 6.54 Å². The summed E-state index contributed by atoms with van der Waals surface area (Å²) in [6.07, 6.45) is 2.97. The average molecular weight is 458 g/mol. The van der Waals surface area contributed by atoms with Gasteiger partial charge in [-0.05, 0) is 31.7 Å². The maximum Gasteiger partial charge on any atom is 0.191 e. The van der Waals surface area contributed by atoms with E-state index in [0.717, 1.165) is 30.5 Å². The third kappa shape index (κ3) is 7.17. The van der Waals surface area contributed by atoms with E-state index in [9.17, 15) is 0 Å². The molecular formula is C18H27IN4S. The second kappa shape index (κ2) is 11.4. The number of aryl methyl sites for hydroxylation is 1. The van der Waals surface area contributed by atoms with Gasteiger partial charge in [0.2, 0.25) is 0 Å². The lowest BCUT2D eigenvalue weighted by Crippen LogP contribution is -2.38. The van der Waals surface area contributed by atoms with Crippen LogP contribution in [0.4, 0.5) is 0 Å². The molecule has 0 spiro atoms. The zero-order valence-corrected chi connectivity index (χ0v) is 17.7. The van der Waals surface area contributed by atoms with E-state index in [1.807, 2.05) is 6.20 Å². The van der Waals surface area contributed by atoms with Crippen LogP contribution in [0.2, 0.25) is 0 Å². The van der Waals surface area contributed by atoms with Gasteiger partial charge in [0.25, 0.3) is 0 Å². The molecule has 0 amide bonds. The Morgan fingerprint density at radius 1 is 1.25 bits per heavy atom. The number of hydrogen-bond acceptors (Lipinski definition) is 3. The van der Waals surface area contributed by atoms with Crippen LogP contribution in [0.5, 0.6) is 0 Å². The van der Waals surface area contributed by atoms with Crippen molar-refractivity contribution in [3.8, 4) is 0 Å². The van der Waals surface area contributed by atoms with Crippen molar-refractivity contribution in [3.05, 3.63) is 52.0 Å². The molecule has 1 aromatic heterocycles. The van der Waals surface area contributed by atoms with Crippen molar-refractivity contribution in [2.45, 2.75) is 39.7 Å². The maximum atomic E-state index is 4.61. The van der Waals surface area contributed by atoms with Crippen LogP contribution in [0, 0.1) is 6.92 Å². The van der Waals surface area contributed by atoms with Gasteiger partial charge in [-0.3, -0.25) is 0 Å². The molecule has 4 nitrogen and oxygen atoms in total. The Kier molecular flexibility index (Phi) is 9.94. The first-order valence-electron chi connectivity index (χ1n) is 8.17. The molecule has 0 aliphatic heterocycles. The number of hydrogen-bond donors (Lipinski definition) is 2. The number of thiazole rings is 1.